The predicted octanol–water partition coefficient (Wildman–Crippen LogP) is 2.47. The van der Waals surface area contributed by atoms with Crippen molar-refractivity contribution < 1.29 is 17.9 Å². The zero-order chi connectivity index (χ0) is 22.2. The smallest absolute Gasteiger partial charge is 0.231 e. The van der Waals surface area contributed by atoms with Crippen LogP contribution in [0.15, 0.2) is 28.5 Å². The Bertz CT molecular complexity index is 1230. The van der Waals surface area contributed by atoms with Crippen molar-refractivity contribution in [3.8, 4) is 11.5 Å². The second-order valence-corrected chi connectivity index (χ2v) is 11.3. The van der Waals surface area contributed by atoms with Crippen LogP contribution >= 0.6 is 34.4 Å². The quantitative estimate of drug-likeness (QED) is 0.388. The summed E-state index contributed by atoms with van der Waals surface area (Å²) in [6.45, 7) is 4.47. The zero-order valence-corrected chi connectivity index (χ0v) is 20.6. The number of hydrogen-bond acceptors (Lipinski definition) is 9. The number of nitrogens with two attached hydrogens (primary N) is 1. The highest BCUT2D eigenvalue weighted by molar-refractivity contribution is 14.1. The molecule has 0 unspecified atom stereocenters. The molecule has 3 N–H and O–H groups in total. The first-order valence-electron chi connectivity index (χ1n) is 9.44. The normalized spacial score (nSPS) is 13.4. The fourth-order valence-corrected chi connectivity index (χ4v) is 6.21. The Kier molecular flexibility index (Phi) is 6.46. The highest BCUT2D eigenvalue weighted by atomic mass is 127. The number of nitrogens with one attached hydrogen (secondary N) is 1. The van der Waals surface area contributed by atoms with Gasteiger partial charge in [-0.05, 0) is 40.6 Å². The summed E-state index contributed by atoms with van der Waals surface area (Å²) in [4.78, 5) is 13.9. The van der Waals surface area contributed by atoms with Crippen LogP contribution in [-0.4, -0.2) is 47.0 Å². The minimum atomic E-state index is -3.36. The lowest BCUT2D eigenvalue weighted by Crippen LogP contribution is -2.31. The minimum absolute atomic E-state index is 0.0401. The summed E-state index contributed by atoms with van der Waals surface area (Å²) < 4.78 is 40.8. The maximum Gasteiger partial charge on any atom is 0.231 e. The molecule has 13 heteroatoms. The number of nitrogens with zero attached hydrogens (tertiary/aromatic N) is 4. The Morgan fingerprint density at radius 3 is 2.77 bits per heavy atom. The van der Waals surface area contributed by atoms with Crippen molar-refractivity contribution in [3.63, 3.8) is 0 Å². The number of imidazole rings is 1. The summed E-state index contributed by atoms with van der Waals surface area (Å²) in [6, 6.07) is 3.81. The number of anilines is 1. The molecule has 31 heavy (non-hydrogen) atoms. The van der Waals surface area contributed by atoms with E-state index in [1.165, 1.54) is 18.1 Å². The van der Waals surface area contributed by atoms with Gasteiger partial charge in [-0.15, -0.1) is 0 Å². The molecule has 1 aliphatic rings. The summed E-state index contributed by atoms with van der Waals surface area (Å²) >= 11 is 3.65. The Morgan fingerprint density at radius 2 is 2.03 bits per heavy atom. The molecule has 0 aliphatic carbocycles. The average molecular weight is 576 g/mol. The van der Waals surface area contributed by atoms with Gasteiger partial charge in [-0.2, -0.15) is 0 Å². The number of benzene rings is 1. The third-order valence-corrected chi connectivity index (χ3v) is 8.42. The predicted molar refractivity (Wildman–Crippen MR) is 126 cm³/mol. The number of sulfonamides is 1. The summed E-state index contributed by atoms with van der Waals surface area (Å²) in [6.07, 6.45) is 1.37. The topological polar surface area (TPSA) is 134 Å². The van der Waals surface area contributed by atoms with Gasteiger partial charge in [0.15, 0.2) is 33.6 Å². The third kappa shape index (κ3) is 4.99. The van der Waals surface area contributed by atoms with Crippen molar-refractivity contribution in [2.24, 2.45) is 5.92 Å². The highest BCUT2D eigenvalue weighted by Crippen LogP contribution is 2.41. The van der Waals surface area contributed by atoms with E-state index in [1.54, 1.807) is 0 Å². The lowest BCUT2D eigenvalue weighted by molar-refractivity contribution is 0.174. The van der Waals surface area contributed by atoms with E-state index in [4.69, 9.17) is 15.2 Å². The Morgan fingerprint density at radius 1 is 1.29 bits per heavy atom. The molecule has 0 amide bonds. The highest BCUT2D eigenvalue weighted by Gasteiger charge is 2.21. The molecule has 0 bridgehead atoms. The Balaban J connectivity index is 1.64. The van der Waals surface area contributed by atoms with Crippen LogP contribution in [0.4, 0.5) is 5.82 Å². The third-order valence-electron chi connectivity index (χ3n) is 4.36. The standard InChI is InChI=1S/C18H21IN6O4S2/c1-10(2)7-31(26,27)23-3-4-25-17-15(16(20)21-8-22-17)24-18(25)30-14-6-13-12(5-11(14)19)28-9-29-13/h5-6,8,10,23H,3-4,7,9H2,1-2H3,(H2,20,21,22). The number of ether oxygens (including phenoxy) is 2. The summed E-state index contributed by atoms with van der Waals surface area (Å²) in [7, 11) is -3.36. The van der Waals surface area contributed by atoms with Crippen LogP contribution in [0.3, 0.4) is 0 Å². The minimum Gasteiger partial charge on any atom is -0.454 e. The summed E-state index contributed by atoms with van der Waals surface area (Å²) in [5, 5.41) is 0.627. The van der Waals surface area contributed by atoms with E-state index < -0.39 is 10.0 Å². The van der Waals surface area contributed by atoms with Gasteiger partial charge in [0, 0.05) is 21.6 Å². The van der Waals surface area contributed by atoms with Crippen LogP contribution in [0.2, 0.25) is 0 Å². The largest absolute Gasteiger partial charge is 0.454 e. The average Bonchev–Trinajstić information content (AvgIpc) is 3.26. The summed E-state index contributed by atoms with van der Waals surface area (Å²) in [5.41, 5.74) is 7.03. The number of fused-ring (bicyclic) bond motifs is 2. The molecule has 4 rings (SSSR count). The SMILES string of the molecule is CC(C)CS(=O)(=O)NCCn1c(Sc2cc3c(cc2I)OCO3)nc2c(N)ncnc21. The van der Waals surface area contributed by atoms with Gasteiger partial charge in [-0.1, -0.05) is 25.6 Å². The molecule has 0 saturated heterocycles. The van der Waals surface area contributed by atoms with Crippen LogP contribution in [-0.2, 0) is 16.6 Å². The van der Waals surface area contributed by atoms with E-state index in [-0.39, 0.29) is 30.8 Å². The van der Waals surface area contributed by atoms with E-state index >= 15 is 0 Å². The Hall–Kier alpha value is -1.84. The van der Waals surface area contributed by atoms with Gasteiger partial charge in [-0.3, -0.25) is 0 Å². The number of aromatic nitrogens is 4. The second kappa shape index (κ2) is 8.96. The molecule has 3 heterocycles. The molecule has 166 valence electrons. The van der Waals surface area contributed by atoms with E-state index in [0.29, 0.717) is 34.4 Å². The molecule has 0 atom stereocenters. The molecule has 0 saturated carbocycles. The van der Waals surface area contributed by atoms with Crippen molar-refractivity contribution in [3.05, 3.63) is 22.0 Å². The number of nitrogen functional groups attached to an aromatic ring is 1. The van der Waals surface area contributed by atoms with Gasteiger partial charge < -0.3 is 19.8 Å². The lowest BCUT2D eigenvalue weighted by atomic mass is 10.3. The fourth-order valence-electron chi connectivity index (χ4n) is 3.10. The number of hydrogen-bond donors (Lipinski definition) is 2. The van der Waals surface area contributed by atoms with Gasteiger partial charge in [0.05, 0.1) is 5.75 Å². The maximum atomic E-state index is 12.2. The molecule has 1 aromatic carbocycles. The van der Waals surface area contributed by atoms with Gasteiger partial charge in [0.1, 0.15) is 6.33 Å². The molecular formula is C18H21IN6O4S2. The van der Waals surface area contributed by atoms with Crippen LogP contribution in [0.25, 0.3) is 11.2 Å². The van der Waals surface area contributed by atoms with Crippen molar-refractivity contribution in [1.82, 2.24) is 24.2 Å². The van der Waals surface area contributed by atoms with Gasteiger partial charge in [0.25, 0.3) is 0 Å². The van der Waals surface area contributed by atoms with Gasteiger partial charge in [-0.25, -0.2) is 28.1 Å². The molecular weight excluding hydrogens is 555 g/mol. The van der Waals surface area contributed by atoms with Crippen LogP contribution < -0.4 is 19.9 Å². The van der Waals surface area contributed by atoms with Crippen LogP contribution in [0.5, 0.6) is 11.5 Å². The van der Waals surface area contributed by atoms with E-state index in [0.717, 1.165) is 8.47 Å². The molecule has 0 fully saturated rings. The van der Waals surface area contributed by atoms with Gasteiger partial charge in [0.2, 0.25) is 16.8 Å². The van der Waals surface area contributed by atoms with Crippen molar-refractivity contribution in [2.45, 2.75) is 30.4 Å². The second-order valence-electron chi connectivity index (χ2n) is 7.28. The van der Waals surface area contributed by atoms with Gasteiger partial charge >= 0.3 is 0 Å². The molecule has 3 aromatic rings. The number of halogens is 1. The molecule has 0 spiro atoms. The first-order chi connectivity index (χ1) is 14.7. The monoisotopic (exact) mass is 576 g/mol. The fraction of sp³-hybridized carbons (Fsp3) is 0.389. The molecule has 1 aliphatic heterocycles. The van der Waals surface area contributed by atoms with E-state index in [2.05, 4.69) is 42.3 Å². The van der Waals surface area contributed by atoms with Crippen molar-refractivity contribution in [2.75, 3.05) is 24.8 Å². The zero-order valence-electron chi connectivity index (χ0n) is 16.8. The van der Waals surface area contributed by atoms with Crippen LogP contribution in [0.1, 0.15) is 13.8 Å². The van der Waals surface area contributed by atoms with Crippen molar-refractivity contribution >= 4 is 61.4 Å². The molecule has 2 aromatic heterocycles. The maximum absolute atomic E-state index is 12.2. The van der Waals surface area contributed by atoms with Crippen LogP contribution in [0, 0.1) is 9.49 Å². The summed E-state index contributed by atoms with van der Waals surface area (Å²) in [5.74, 6) is 1.76. The lowest BCUT2D eigenvalue weighted by Gasteiger charge is -2.12. The number of rotatable bonds is 8. The molecule has 10 nitrogen and oxygen atoms in total. The van der Waals surface area contributed by atoms with E-state index in [1.807, 2.05) is 30.5 Å². The molecule has 0 radical (unpaired) electrons. The van der Waals surface area contributed by atoms with E-state index in [9.17, 15) is 8.42 Å². The first-order valence-corrected chi connectivity index (χ1v) is 13.0. The first kappa shape index (κ1) is 22.4. The van der Waals surface area contributed by atoms with Crippen molar-refractivity contribution in [1.29, 1.82) is 0 Å². The Labute approximate surface area is 197 Å².